The Morgan fingerprint density at radius 3 is 2.54 bits per heavy atom. The summed E-state index contributed by atoms with van der Waals surface area (Å²) in [5, 5.41) is 3.15. The summed E-state index contributed by atoms with van der Waals surface area (Å²) in [6.45, 7) is 3.73. The molecule has 1 saturated heterocycles. The third-order valence-electron chi connectivity index (χ3n) is 4.04. The second-order valence-electron chi connectivity index (χ2n) is 5.84. The van der Waals surface area contributed by atoms with Gasteiger partial charge in [0, 0.05) is 19.6 Å². The van der Waals surface area contributed by atoms with Crippen LogP contribution in [0.3, 0.4) is 0 Å². The predicted molar refractivity (Wildman–Crippen MR) is 92.0 cm³/mol. The molecule has 0 radical (unpaired) electrons. The highest BCUT2D eigenvalue weighted by atomic mass is 32.2. The lowest BCUT2D eigenvalue weighted by molar-refractivity contribution is 0.372. The van der Waals surface area contributed by atoms with Gasteiger partial charge >= 0.3 is 0 Å². The van der Waals surface area contributed by atoms with Crippen molar-refractivity contribution in [1.82, 2.24) is 14.3 Å². The van der Waals surface area contributed by atoms with E-state index >= 15 is 0 Å². The van der Waals surface area contributed by atoms with Crippen molar-refractivity contribution in [2.75, 3.05) is 44.9 Å². The van der Waals surface area contributed by atoms with Gasteiger partial charge in [-0.25, -0.2) is 12.7 Å². The van der Waals surface area contributed by atoms with Gasteiger partial charge in [0.1, 0.15) is 0 Å². The molecule has 8 nitrogen and oxygen atoms in total. The Morgan fingerprint density at radius 1 is 1.29 bits per heavy atom. The fraction of sp³-hybridized carbons (Fsp3) is 0.733. The Bertz CT molecular complexity index is 616. The molecule has 24 heavy (non-hydrogen) atoms. The molecule has 0 saturated carbocycles. The fourth-order valence-electron chi connectivity index (χ4n) is 2.60. The van der Waals surface area contributed by atoms with Crippen LogP contribution in [-0.4, -0.2) is 62.3 Å². The van der Waals surface area contributed by atoms with Gasteiger partial charge in [0.2, 0.25) is 27.7 Å². The minimum Gasteiger partial charge on any atom is -0.481 e. The number of anilines is 1. The first-order chi connectivity index (χ1) is 11.5. The van der Waals surface area contributed by atoms with Gasteiger partial charge in [0.25, 0.3) is 0 Å². The summed E-state index contributed by atoms with van der Waals surface area (Å²) < 4.78 is 36.3. The summed E-state index contributed by atoms with van der Waals surface area (Å²) in [7, 11) is -0.0664. The van der Waals surface area contributed by atoms with Crippen LogP contribution in [0, 0.1) is 5.92 Å². The van der Waals surface area contributed by atoms with Crippen LogP contribution in [-0.2, 0) is 10.0 Å². The zero-order valence-corrected chi connectivity index (χ0v) is 15.3. The van der Waals surface area contributed by atoms with Crippen LogP contribution in [0.5, 0.6) is 11.8 Å². The molecule has 0 aromatic carbocycles. The molecular formula is C15H26N4O4S. The standard InChI is InChI=1S/C15H26N4O4S/c1-4-5-8-24(20,21)19-7-6-12(11-19)10-16-15-17-13(22-2)9-14(18-15)23-3/h9,12H,4-8,10-11H2,1-3H3,(H,16,17,18). The Labute approximate surface area is 143 Å². The van der Waals surface area contributed by atoms with E-state index in [2.05, 4.69) is 15.3 Å². The van der Waals surface area contributed by atoms with E-state index in [1.165, 1.54) is 14.2 Å². The van der Waals surface area contributed by atoms with E-state index in [0.29, 0.717) is 43.8 Å². The van der Waals surface area contributed by atoms with Crippen LogP contribution in [0.2, 0.25) is 0 Å². The highest BCUT2D eigenvalue weighted by molar-refractivity contribution is 7.89. The number of methoxy groups -OCH3 is 2. The molecule has 1 unspecified atom stereocenters. The summed E-state index contributed by atoms with van der Waals surface area (Å²) in [6, 6.07) is 1.60. The van der Waals surface area contributed by atoms with Gasteiger partial charge in [-0.3, -0.25) is 0 Å². The highest BCUT2D eigenvalue weighted by Gasteiger charge is 2.30. The van der Waals surface area contributed by atoms with Crippen LogP contribution < -0.4 is 14.8 Å². The quantitative estimate of drug-likeness (QED) is 0.712. The first kappa shape index (κ1) is 18.7. The van der Waals surface area contributed by atoms with Crippen molar-refractivity contribution >= 4 is 16.0 Å². The van der Waals surface area contributed by atoms with Crippen molar-refractivity contribution in [3.05, 3.63) is 6.07 Å². The summed E-state index contributed by atoms with van der Waals surface area (Å²) in [5.41, 5.74) is 0. The molecule has 0 amide bonds. The number of rotatable bonds is 9. The normalized spacial score (nSPS) is 18.5. The summed E-state index contributed by atoms with van der Waals surface area (Å²) in [5.74, 6) is 1.72. The van der Waals surface area contributed by atoms with E-state index < -0.39 is 10.0 Å². The third kappa shape index (κ3) is 4.94. The molecule has 0 bridgehead atoms. The predicted octanol–water partition coefficient (Wildman–Crippen LogP) is 1.36. The molecule has 1 aromatic rings. The second kappa shape index (κ2) is 8.48. The maximum absolute atomic E-state index is 12.2. The Balaban J connectivity index is 1.90. The number of hydrogen-bond donors (Lipinski definition) is 1. The van der Waals surface area contributed by atoms with Crippen LogP contribution in [0.15, 0.2) is 6.07 Å². The molecular weight excluding hydrogens is 332 g/mol. The number of nitrogens with one attached hydrogen (secondary N) is 1. The molecule has 1 N–H and O–H groups in total. The third-order valence-corrected chi connectivity index (χ3v) is 5.97. The van der Waals surface area contributed by atoms with Crippen LogP contribution in [0.1, 0.15) is 26.2 Å². The number of sulfonamides is 1. The van der Waals surface area contributed by atoms with Crippen molar-refractivity contribution in [1.29, 1.82) is 0 Å². The van der Waals surface area contributed by atoms with Crippen molar-refractivity contribution in [2.24, 2.45) is 5.92 Å². The monoisotopic (exact) mass is 358 g/mol. The topological polar surface area (TPSA) is 93.7 Å². The number of unbranched alkanes of at least 4 members (excludes halogenated alkanes) is 1. The Morgan fingerprint density at radius 2 is 1.96 bits per heavy atom. The smallest absolute Gasteiger partial charge is 0.229 e. The maximum Gasteiger partial charge on any atom is 0.229 e. The van der Waals surface area contributed by atoms with Gasteiger partial charge in [0.15, 0.2) is 0 Å². The first-order valence-corrected chi connectivity index (χ1v) is 9.78. The summed E-state index contributed by atoms with van der Waals surface area (Å²) in [6.07, 6.45) is 2.42. The van der Waals surface area contributed by atoms with E-state index in [1.807, 2.05) is 6.92 Å². The van der Waals surface area contributed by atoms with Gasteiger partial charge in [-0.05, 0) is 18.8 Å². The molecule has 0 aliphatic carbocycles. The zero-order chi connectivity index (χ0) is 17.6. The highest BCUT2D eigenvalue weighted by Crippen LogP contribution is 2.22. The van der Waals surface area contributed by atoms with Crippen molar-refractivity contribution in [3.8, 4) is 11.8 Å². The molecule has 1 atom stereocenters. The van der Waals surface area contributed by atoms with Gasteiger partial charge in [-0.1, -0.05) is 13.3 Å². The molecule has 1 aromatic heterocycles. The van der Waals surface area contributed by atoms with E-state index in [1.54, 1.807) is 10.4 Å². The lowest BCUT2D eigenvalue weighted by Crippen LogP contribution is -2.31. The fourth-order valence-corrected chi connectivity index (χ4v) is 4.33. The number of ether oxygens (including phenoxy) is 2. The largest absolute Gasteiger partial charge is 0.481 e. The number of hydrogen-bond acceptors (Lipinski definition) is 7. The Kier molecular flexibility index (Phi) is 6.61. The molecule has 136 valence electrons. The molecule has 1 aliphatic heterocycles. The van der Waals surface area contributed by atoms with Crippen molar-refractivity contribution < 1.29 is 17.9 Å². The van der Waals surface area contributed by atoms with E-state index in [0.717, 1.165) is 12.8 Å². The van der Waals surface area contributed by atoms with Gasteiger partial charge < -0.3 is 14.8 Å². The van der Waals surface area contributed by atoms with Gasteiger partial charge in [-0.2, -0.15) is 9.97 Å². The van der Waals surface area contributed by atoms with Gasteiger partial charge in [0.05, 0.1) is 26.0 Å². The van der Waals surface area contributed by atoms with E-state index in [4.69, 9.17) is 9.47 Å². The maximum atomic E-state index is 12.2. The first-order valence-electron chi connectivity index (χ1n) is 8.17. The average molecular weight is 358 g/mol. The summed E-state index contributed by atoms with van der Waals surface area (Å²) >= 11 is 0. The second-order valence-corrected chi connectivity index (χ2v) is 7.93. The minimum atomic E-state index is -3.13. The molecule has 2 heterocycles. The molecule has 2 rings (SSSR count). The van der Waals surface area contributed by atoms with Crippen LogP contribution in [0.25, 0.3) is 0 Å². The van der Waals surface area contributed by atoms with E-state index in [-0.39, 0.29) is 11.7 Å². The molecule has 1 aliphatic rings. The minimum absolute atomic E-state index is 0.236. The molecule has 1 fully saturated rings. The number of nitrogens with zero attached hydrogens (tertiary/aromatic N) is 3. The molecule has 0 spiro atoms. The van der Waals surface area contributed by atoms with Gasteiger partial charge in [-0.15, -0.1) is 0 Å². The lowest BCUT2D eigenvalue weighted by atomic mass is 10.1. The van der Waals surface area contributed by atoms with Crippen LogP contribution >= 0.6 is 0 Å². The Hall–Kier alpha value is -1.61. The summed E-state index contributed by atoms with van der Waals surface area (Å²) in [4.78, 5) is 8.43. The average Bonchev–Trinajstić information content (AvgIpc) is 3.07. The van der Waals surface area contributed by atoms with Crippen LogP contribution in [0.4, 0.5) is 5.95 Å². The van der Waals surface area contributed by atoms with Crippen molar-refractivity contribution in [2.45, 2.75) is 26.2 Å². The lowest BCUT2D eigenvalue weighted by Gasteiger charge is -2.16. The SMILES string of the molecule is CCCCS(=O)(=O)N1CCC(CNc2nc(OC)cc(OC)n2)C1. The zero-order valence-electron chi connectivity index (χ0n) is 14.5. The van der Waals surface area contributed by atoms with E-state index in [9.17, 15) is 8.42 Å². The molecule has 9 heteroatoms. The number of aromatic nitrogens is 2. The van der Waals surface area contributed by atoms with Crippen molar-refractivity contribution in [3.63, 3.8) is 0 Å².